The van der Waals surface area contributed by atoms with E-state index in [2.05, 4.69) is 10.6 Å². The highest BCUT2D eigenvalue weighted by atomic mass is 32.2. The van der Waals surface area contributed by atoms with E-state index < -0.39 is 31.9 Å². The molecule has 0 fully saturated rings. The fraction of sp³-hybridized carbons (Fsp3) is 0.222. The average molecular weight is 470 g/mol. The van der Waals surface area contributed by atoms with Crippen LogP contribution in [0.4, 0.5) is 11.4 Å². The standard InChI is InChI=1S/C18H23N5O6S2/c1-2-23(11-17(24)21-13-3-7-15(8-4-13)30(19,26)27)12-18(25)22-14-5-9-16(10-6-14)31(20,28)29/h3-10H,2,11-12H2,1H3,(H,21,24)(H,22,25)(H2,19,26,27)(H2,20,28,29). The summed E-state index contributed by atoms with van der Waals surface area (Å²) in [5, 5.41) is 15.3. The summed E-state index contributed by atoms with van der Waals surface area (Å²) < 4.78 is 45.0. The van der Waals surface area contributed by atoms with Gasteiger partial charge in [-0.05, 0) is 55.1 Å². The minimum atomic E-state index is -3.82. The Balaban J connectivity index is 1.90. The summed E-state index contributed by atoms with van der Waals surface area (Å²) in [6.45, 7) is 2.04. The zero-order valence-corrected chi connectivity index (χ0v) is 18.2. The van der Waals surface area contributed by atoms with E-state index in [0.717, 1.165) is 0 Å². The maximum absolute atomic E-state index is 12.2. The van der Waals surface area contributed by atoms with Gasteiger partial charge in [0, 0.05) is 11.4 Å². The second kappa shape index (κ2) is 9.98. The highest BCUT2D eigenvalue weighted by Gasteiger charge is 2.15. The van der Waals surface area contributed by atoms with Gasteiger partial charge in [-0.3, -0.25) is 14.5 Å². The molecule has 0 saturated carbocycles. The lowest BCUT2D eigenvalue weighted by molar-refractivity contribution is -0.119. The molecule has 6 N–H and O–H groups in total. The number of hydrogen-bond acceptors (Lipinski definition) is 7. The minimum absolute atomic E-state index is 0.0746. The van der Waals surface area contributed by atoms with Gasteiger partial charge in [-0.2, -0.15) is 0 Å². The first kappa shape index (κ1) is 24.4. The van der Waals surface area contributed by atoms with Gasteiger partial charge in [0.2, 0.25) is 31.9 Å². The molecule has 11 nitrogen and oxygen atoms in total. The molecule has 13 heteroatoms. The molecule has 0 unspecified atom stereocenters. The zero-order valence-electron chi connectivity index (χ0n) is 16.6. The number of hydrogen-bond donors (Lipinski definition) is 4. The SMILES string of the molecule is CCN(CC(=O)Nc1ccc(S(N)(=O)=O)cc1)CC(=O)Nc1ccc(S(N)(=O)=O)cc1. The van der Waals surface area contributed by atoms with Crippen LogP contribution in [0.3, 0.4) is 0 Å². The Hall–Kier alpha value is -2.84. The number of amides is 2. The molecule has 2 aromatic rings. The van der Waals surface area contributed by atoms with Gasteiger partial charge < -0.3 is 10.6 Å². The highest BCUT2D eigenvalue weighted by molar-refractivity contribution is 7.89. The van der Waals surface area contributed by atoms with Gasteiger partial charge in [-0.15, -0.1) is 0 Å². The maximum Gasteiger partial charge on any atom is 0.238 e. The summed E-state index contributed by atoms with van der Waals surface area (Å²) in [5.74, 6) is -0.786. The lowest BCUT2D eigenvalue weighted by Gasteiger charge is -2.19. The number of sulfonamides is 2. The number of nitrogens with zero attached hydrogens (tertiary/aromatic N) is 1. The van der Waals surface area contributed by atoms with E-state index in [4.69, 9.17) is 10.3 Å². The molecule has 0 aliphatic carbocycles. The summed E-state index contributed by atoms with van der Waals surface area (Å²) in [7, 11) is -7.64. The van der Waals surface area contributed by atoms with E-state index in [9.17, 15) is 26.4 Å². The van der Waals surface area contributed by atoms with Crippen molar-refractivity contribution in [2.75, 3.05) is 30.3 Å². The molecule has 168 valence electrons. The first-order chi connectivity index (χ1) is 14.4. The fourth-order valence-electron chi connectivity index (χ4n) is 2.54. The van der Waals surface area contributed by atoms with Crippen LogP contribution in [0.15, 0.2) is 58.3 Å². The highest BCUT2D eigenvalue weighted by Crippen LogP contribution is 2.14. The minimum Gasteiger partial charge on any atom is -0.325 e. The fourth-order valence-corrected chi connectivity index (χ4v) is 3.57. The second-order valence-corrected chi connectivity index (χ2v) is 9.66. The zero-order chi connectivity index (χ0) is 23.2. The molecule has 0 atom stereocenters. The Morgan fingerprint density at radius 1 is 0.742 bits per heavy atom. The number of nitrogens with one attached hydrogen (secondary N) is 2. The molecule has 2 aromatic carbocycles. The van der Waals surface area contributed by atoms with Gasteiger partial charge in [0.25, 0.3) is 0 Å². The third-order valence-corrected chi connectivity index (χ3v) is 5.97. The Labute approximate surface area is 180 Å². The van der Waals surface area contributed by atoms with Crippen molar-refractivity contribution in [1.82, 2.24) is 4.90 Å². The monoisotopic (exact) mass is 469 g/mol. The Kier molecular flexibility index (Phi) is 7.86. The van der Waals surface area contributed by atoms with Crippen molar-refractivity contribution in [3.63, 3.8) is 0 Å². The van der Waals surface area contributed by atoms with Crippen molar-refractivity contribution in [3.05, 3.63) is 48.5 Å². The van der Waals surface area contributed by atoms with Crippen molar-refractivity contribution in [2.24, 2.45) is 10.3 Å². The van der Waals surface area contributed by atoms with Crippen molar-refractivity contribution in [1.29, 1.82) is 0 Å². The van der Waals surface area contributed by atoms with Crippen LogP contribution in [0.1, 0.15) is 6.92 Å². The van der Waals surface area contributed by atoms with Crippen LogP contribution < -0.4 is 20.9 Å². The molecular formula is C18H23N5O6S2. The van der Waals surface area contributed by atoms with Gasteiger partial charge in [-0.25, -0.2) is 27.1 Å². The number of carbonyl (C=O) groups excluding carboxylic acids is 2. The van der Waals surface area contributed by atoms with E-state index in [-0.39, 0.29) is 22.9 Å². The van der Waals surface area contributed by atoms with Crippen LogP contribution >= 0.6 is 0 Å². The number of benzene rings is 2. The topological polar surface area (TPSA) is 182 Å². The number of rotatable bonds is 9. The van der Waals surface area contributed by atoms with Crippen molar-refractivity contribution >= 4 is 43.2 Å². The van der Waals surface area contributed by atoms with Gasteiger partial charge in [0.1, 0.15) is 0 Å². The predicted octanol–water partition coefficient (Wildman–Crippen LogP) is -0.119. The average Bonchev–Trinajstić information content (AvgIpc) is 2.66. The molecule has 2 amide bonds. The van der Waals surface area contributed by atoms with Crippen LogP contribution in [0.25, 0.3) is 0 Å². The quantitative estimate of drug-likeness (QED) is 0.395. The van der Waals surface area contributed by atoms with Gasteiger partial charge in [-0.1, -0.05) is 6.92 Å². The Bertz CT molecular complexity index is 1060. The van der Waals surface area contributed by atoms with Crippen LogP contribution in [-0.2, 0) is 29.6 Å². The summed E-state index contributed by atoms with van der Waals surface area (Å²) in [4.78, 5) is 25.9. The van der Waals surface area contributed by atoms with Crippen LogP contribution in [0.2, 0.25) is 0 Å². The molecule has 0 saturated heterocycles. The van der Waals surface area contributed by atoms with Gasteiger partial charge >= 0.3 is 0 Å². The summed E-state index contributed by atoms with van der Waals surface area (Å²) >= 11 is 0. The second-order valence-electron chi connectivity index (χ2n) is 6.54. The first-order valence-corrected chi connectivity index (χ1v) is 12.1. The summed E-state index contributed by atoms with van der Waals surface area (Å²) in [6, 6.07) is 10.7. The lowest BCUT2D eigenvalue weighted by atomic mass is 10.3. The van der Waals surface area contributed by atoms with Crippen LogP contribution in [0, 0.1) is 0 Å². The number of carbonyl (C=O) groups is 2. The van der Waals surface area contributed by atoms with E-state index >= 15 is 0 Å². The molecule has 0 aromatic heterocycles. The molecule has 2 rings (SSSR count). The third-order valence-electron chi connectivity index (χ3n) is 4.11. The van der Waals surface area contributed by atoms with Crippen molar-refractivity contribution in [3.8, 4) is 0 Å². The Morgan fingerprint density at radius 2 is 1.06 bits per heavy atom. The maximum atomic E-state index is 12.2. The van der Waals surface area contributed by atoms with Gasteiger partial charge in [0.15, 0.2) is 0 Å². The smallest absolute Gasteiger partial charge is 0.238 e. The molecular weight excluding hydrogens is 446 g/mol. The molecule has 0 heterocycles. The number of primary sulfonamides is 2. The lowest BCUT2D eigenvalue weighted by Crippen LogP contribution is -2.38. The van der Waals surface area contributed by atoms with E-state index in [1.807, 2.05) is 0 Å². The largest absolute Gasteiger partial charge is 0.325 e. The number of likely N-dealkylation sites (N-methyl/N-ethyl adjacent to an activating group) is 1. The van der Waals surface area contributed by atoms with Gasteiger partial charge in [0.05, 0.1) is 22.9 Å². The van der Waals surface area contributed by atoms with E-state index in [1.54, 1.807) is 11.8 Å². The molecule has 0 spiro atoms. The molecule has 0 aliphatic rings. The van der Waals surface area contributed by atoms with E-state index in [0.29, 0.717) is 17.9 Å². The third kappa shape index (κ3) is 7.73. The van der Waals surface area contributed by atoms with Crippen LogP contribution in [-0.4, -0.2) is 53.2 Å². The van der Waals surface area contributed by atoms with E-state index in [1.165, 1.54) is 48.5 Å². The number of anilines is 2. The van der Waals surface area contributed by atoms with Crippen molar-refractivity contribution < 1.29 is 26.4 Å². The van der Waals surface area contributed by atoms with Crippen molar-refractivity contribution in [2.45, 2.75) is 16.7 Å². The summed E-state index contributed by atoms with van der Waals surface area (Å²) in [5.41, 5.74) is 0.765. The predicted molar refractivity (Wildman–Crippen MR) is 115 cm³/mol. The molecule has 0 radical (unpaired) electrons. The molecule has 0 aliphatic heterocycles. The Morgan fingerprint density at radius 3 is 1.32 bits per heavy atom. The van der Waals surface area contributed by atoms with Crippen LogP contribution in [0.5, 0.6) is 0 Å². The normalized spacial score (nSPS) is 11.9. The first-order valence-electron chi connectivity index (χ1n) is 8.96. The molecule has 31 heavy (non-hydrogen) atoms. The summed E-state index contributed by atoms with van der Waals surface area (Å²) in [6.07, 6.45) is 0. The molecule has 0 bridgehead atoms. The number of nitrogens with two attached hydrogens (primary N) is 2.